The molecular weight excluding hydrogens is 352 g/mol. The van der Waals surface area contributed by atoms with Crippen LogP contribution >= 0.6 is 15.9 Å². The second-order valence-electron chi connectivity index (χ2n) is 3.94. The van der Waals surface area contributed by atoms with Crippen molar-refractivity contribution < 1.29 is 17.4 Å². The number of aryl methyl sites for hydroxylation is 1. The number of aromatic nitrogens is 2. The van der Waals surface area contributed by atoms with Gasteiger partial charge >= 0.3 is 0 Å². The van der Waals surface area contributed by atoms with Crippen molar-refractivity contribution in [3.8, 4) is 0 Å². The van der Waals surface area contributed by atoms with Gasteiger partial charge in [-0.15, -0.1) is 0 Å². The van der Waals surface area contributed by atoms with Crippen molar-refractivity contribution in [3.63, 3.8) is 0 Å². The van der Waals surface area contributed by atoms with E-state index in [2.05, 4.69) is 36.1 Å². The van der Waals surface area contributed by atoms with Gasteiger partial charge < -0.3 is 14.3 Å². The standard InChI is InChI=1S/C10H13BrN4O4S/c1-6-14-9(19-15-6)5-13-20(16,17)8-3-7(4-12-2)18-10(8)11/h3,12-13H,4-5H2,1-2H3. The zero-order valence-corrected chi connectivity index (χ0v) is 13.2. The van der Waals surface area contributed by atoms with Crippen LogP contribution in [0.15, 0.2) is 24.6 Å². The van der Waals surface area contributed by atoms with E-state index in [0.29, 0.717) is 18.1 Å². The molecule has 0 aliphatic carbocycles. The van der Waals surface area contributed by atoms with E-state index in [-0.39, 0.29) is 22.0 Å². The summed E-state index contributed by atoms with van der Waals surface area (Å²) in [6.07, 6.45) is 0. The third-order valence-corrected chi connectivity index (χ3v) is 4.59. The minimum absolute atomic E-state index is 0.0268. The van der Waals surface area contributed by atoms with Crippen LogP contribution in [0, 0.1) is 6.92 Å². The summed E-state index contributed by atoms with van der Waals surface area (Å²) in [4.78, 5) is 3.94. The first kappa shape index (κ1) is 15.2. The maximum atomic E-state index is 12.1. The molecule has 0 aliphatic heterocycles. The van der Waals surface area contributed by atoms with Gasteiger partial charge in [0.1, 0.15) is 10.7 Å². The number of hydrogen-bond donors (Lipinski definition) is 2. The molecule has 10 heteroatoms. The lowest BCUT2D eigenvalue weighted by atomic mass is 10.4. The van der Waals surface area contributed by atoms with Gasteiger partial charge in [-0.1, -0.05) is 5.16 Å². The number of nitrogens with one attached hydrogen (secondary N) is 2. The number of halogens is 1. The van der Waals surface area contributed by atoms with Crippen molar-refractivity contribution in [2.75, 3.05) is 7.05 Å². The highest BCUT2D eigenvalue weighted by molar-refractivity contribution is 9.10. The lowest BCUT2D eigenvalue weighted by Crippen LogP contribution is -2.23. The first-order chi connectivity index (χ1) is 9.42. The third-order valence-electron chi connectivity index (χ3n) is 2.33. The summed E-state index contributed by atoms with van der Waals surface area (Å²) in [6, 6.07) is 1.45. The molecule has 0 aromatic carbocycles. The minimum atomic E-state index is -3.72. The molecular formula is C10H13BrN4O4S. The van der Waals surface area contributed by atoms with Gasteiger partial charge in [0, 0.05) is 6.07 Å². The molecule has 8 nitrogen and oxygen atoms in total. The molecule has 2 aromatic rings. The molecule has 2 N–H and O–H groups in total. The van der Waals surface area contributed by atoms with Crippen molar-refractivity contribution in [3.05, 3.63) is 28.2 Å². The SMILES string of the molecule is CNCc1cc(S(=O)(=O)NCc2nc(C)no2)c(Br)o1. The van der Waals surface area contributed by atoms with Gasteiger partial charge in [0.2, 0.25) is 15.9 Å². The van der Waals surface area contributed by atoms with Gasteiger partial charge in [0.25, 0.3) is 0 Å². The zero-order chi connectivity index (χ0) is 14.8. The molecule has 2 aromatic heterocycles. The number of nitrogens with zero attached hydrogens (tertiary/aromatic N) is 2. The number of rotatable bonds is 6. The van der Waals surface area contributed by atoms with Gasteiger partial charge in [-0.05, 0) is 29.9 Å². The van der Waals surface area contributed by atoms with Crippen molar-refractivity contribution in [2.45, 2.75) is 24.9 Å². The minimum Gasteiger partial charge on any atom is -0.452 e. The topological polar surface area (TPSA) is 110 Å². The molecule has 0 aliphatic rings. The third kappa shape index (κ3) is 3.45. The van der Waals surface area contributed by atoms with E-state index in [1.54, 1.807) is 14.0 Å². The highest BCUT2D eigenvalue weighted by atomic mass is 79.9. The van der Waals surface area contributed by atoms with Gasteiger partial charge in [-0.2, -0.15) is 4.98 Å². The van der Waals surface area contributed by atoms with Crippen LogP contribution < -0.4 is 10.0 Å². The molecule has 0 amide bonds. The van der Waals surface area contributed by atoms with E-state index in [9.17, 15) is 8.42 Å². The predicted octanol–water partition coefficient (Wildman–Crippen LogP) is 0.931. The van der Waals surface area contributed by atoms with Crippen molar-refractivity contribution >= 4 is 26.0 Å². The van der Waals surface area contributed by atoms with Crippen molar-refractivity contribution in [2.24, 2.45) is 0 Å². The second-order valence-corrected chi connectivity index (χ2v) is 6.40. The summed E-state index contributed by atoms with van der Waals surface area (Å²) in [6.45, 7) is 2.00. The van der Waals surface area contributed by atoms with E-state index in [4.69, 9.17) is 8.94 Å². The Morgan fingerprint density at radius 1 is 1.40 bits per heavy atom. The van der Waals surface area contributed by atoms with Crippen molar-refractivity contribution in [1.29, 1.82) is 0 Å². The Morgan fingerprint density at radius 2 is 2.15 bits per heavy atom. The number of hydrogen-bond acceptors (Lipinski definition) is 7. The summed E-state index contributed by atoms with van der Waals surface area (Å²) in [5.74, 6) is 1.15. The Balaban J connectivity index is 2.13. The Labute approximate surface area is 124 Å². The van der Waals surface area contributed by atoms with Crippen LogP contribution in [0.2, 0.25) is 0 Å². The molecule has 0 fully saturated rings. The van der Waals surface area contributed by atoms with E-state index in [1.807, 2.05) is 0 Å². The van der Waals surface area contributed by atoms with Gasteiger partial charge in [0.15, 0.2) is 10.5 Å². The summed E-state index contributed by atoms with van der Waals surface area (Å²) in [7, 11) is -1.99. The summed E-state index contributed by atoms with van der Waals surface area (Å²) < 4.78 is 36.9. The van der Waals surface area contributed by atoms with Crippen LogP contribution in [0.3, 0.4) is 0 Å². The maximum absolute atomic E-state index is 12.1. The fraction of sp³-hybridized carbons (Fsp3) is 0.400. The lowest BCUT2D eigenvalue weighted by molar-refractivity contribution is 0.372. The van der Waals surface area contributed by atoms with Gasteiger partial charge in [-0.25, -0.2) is 13.1 Å². The smallest absolute Gasteiger partial charge is 0.245 e. The molecule has 0 unspecified atom stereocenters. The molecule has 0 radical (unpaired) electrons. The largest absolute Gasteiger partial charge is 0.452 e. The average Bonchev–Trinajstić information content (AvgIpc) is 2.94. The second kappa shape index (κ2) is 6.04. The summed E-state index contributed by atoms with van der Waals surface area (Å²) in [5.41, 5.74) is 0. The maximum Gasteiger partial charge on any atom is 0.245 e. The first-order valence-electron chi connectivity index (χ1n) is 5.64. The average molecular weight is 365 g/mol. The number of furan rings is 1. The Bertz CT molecular complexity index is 694. The highest BCUT2D eigenvalue weighted by Gasteiger charge is 2.23. The summed E-state index contributed by atoms with van der Waals surface area (Å²) >= 11 is 3.09. The van der Waals surface area contributed by atoms with Gasteiger partial charge in [-0.3, -0.25) is 0 Å². The molecule has 0 bridgehead atoms. The van der Waals surface area contributed by atoms with Crippen LogP contribution in [0.5, 0.6) is 0 Å². The van der Waals surface area contributed by atoms with Crippen LogP contribution in [0.1, 0.15) is 17.5 Å². The molecule has 0 saturated carbocycles. The molecule has 20 heavy (non-hydrogen) atoms. The lowest BCUT2D eigenvalue weighted by Gasteiger charge is -2.01. The van der Waals surface area contributed by atoms with Gasteiger partial charge in [0.05, 0.1) is 13.1 Å². The Hall–Kier alpha value is -1.23. The normalized spacial score (nSPS) is 11.9. The predicted molar refractivity (Wildman–Crippen MR) is 72.2 cm³/mol. The van der Waals surface area contributed by atoms with E-state index >= 15 is 0 Å². The monoisotopic (exact) mass is 364 g/mol. The van der Waals surface area contributed by atoms with Crippen molar-refractivity contribution in [1.82, 2.24) is 20.2 Å². The van der Waals surface area contributed by atoms with E-state index in [0.717, 1.165) is 0 Å². The fourth-order valence-electron chi connectivity index (χ4n) is 1.49. The van der Waals surface area contributed by atoms with E-state index in [1.165, 1.54) is 6.07 Å². The summed E-state index contributed by atoms with van der Waals surface area (Å²) in [5, 5.41) is 6.45. The number of sulfonamides is 1. The van der Waals surface area contributed by atoms with Crippen LogP contribution in [-0.4, -0.2) is 25.6 Å². The molecule has 0 saturated heterocycles. The highest BCUT2D eigenvalue weighted by Crippen LogP contribution is 2.26. The Kier molecular flexibility index (Phi) is 4.58. The zero-order valence-electron chi connectivity index (χ0n) is 10.8. The molecule has 2 heterocycles. The fourth-order valence-corrected chi connectivity index (χ4v) is 3.46. The molecule has 110 valence electrons. The van der Waals surface area contributed by atoms with Crippen LogP contribution in [0.25, 0.3) is 0 Å². The van der Waals surface area contributed by atoms with E-state index < -0.39 is 10.0 Å². The molecule has 0 spiro atoms. The molecule has 0 atom stereocenters. The first-order valence-corrected chi connectivity index (χ1v) is 7.91. The quantitative estimate of drug-likeness (QED) is 0.784. The molecule has 2 rings (SSSR count). The van der Waals surface area contributed by atoms with Crippen LogP contribution in [0.4, 0.5) is 0 Å². The van der Waals surface area contributed by atoms with Crippen LogP contribution in [-0.2, 0) is 23.1 Å². The Morgan fingerprint density at radius 3 is 2.75 bits per heavy atom.